The molecule has 2 aromatic heterocycles. The summed E-state index contributed by atoms with van der Waals surface area (Å²) < 4.78 is 1.57. The van der Waals surface area contributed by atoms with Crippen molar-refractivity contribution in [3.8, 4) is 0 Å². The smallest absolute Gasteiger partial charge is 0.275 e. The van der Waals surface area contributed by atoms with E-state index in [1.165, 1.54) is 0 Å². The number of carbonyl (C=O) groups excluding carboxylic acids is 1. The Bertz CT molecular complexity index is 810. The van der Waals surface area contributed by atoms with Crippen LogP contribution in [0.5, 0.6) is 0 Å². The molecule has 0 spiro atoms. The molecule has 0 saturated heterocycles. The first kappa shape index (κ1) is 13.1. The van der Waals surface area contributed by atoms with Crippen LogP contribution >= 0.6 is 0 Å². The van der Waals surface area contributed by atoms with E-state index in [9.17, 15) is 4.79 Å². The van der Waals surface area contributed by atoms with Gasteiger partial charge in [0.25, 0.3) is 5.91 Å². The SMILES string of the molecule is Cn1nccc1NC(=O)c1cc(NN)c2ccccc2n1. The van der Waals surface area contributed by atoms with Gasteiger partial charge in [-0.2, -0.15) is 5.10 Å². The normalized spacial score (nSPS) is 10.6. The van der Waals surface area contributed by atoms with Crippen LogP contribution in [0.1, 0.15) is 10.5 Å². The van der Waals surface area contributed by atoms with Gasteiger partial charge in [0.2, 0.25) is 0 Å². The molecule has 3 aromatic rings. The fourth-order valence-corrected chi connectivity index (χ4v) is 2.09. The van der Waals surface area contributed by atoms with Crippen LogP contribution in [0.15, 0.2) is 42.6 Å². The Balaban J connectivity index is 2.00. The van der Waals surface area contributed by atoms with Crippen molar-refractivity contribution in [1.82, 2.24) is 14.8 Å². The summed E-state index contributed by atoms with van der Waals surface area (Å²) in [5, 5.41) is 7.61. The highest BCUT2D eigenvalue weighted by atomic mass is 16.2. The molecule has 7 nitrogen and oxygen atoms in total. The van der Waals surface area contributed by atoms with E-state index in [1.54, 1.807) is 30.1 Å². The van der Waals surface area contributed by atoms with Crippen LogP contribution in [0.4, 0.5) is 11.5 Å². The number of aryl methyl sites for hydroxylation is 1. The molecule has 2 heterocycles. The summed E-state index contributed by atoms with van der Waals surface area (Å²) >= 11 is 0. The number of nitrogens with two attached hydrogens (primary N) is 1. The molecule has 0 bridgehead atoms. The monoisotopic (exact) mass is 282 g/mol. The number of nitrogens with zero attached hydrogens (tertiary/aromatic N) is 3. The highest BCUT2D eigenvalue weighted by Gasteiger charge is 2.13. The van der Waals surface area contributed by atoms with Crippen LogP contribution in [0.3, 0.4) is 0 Å². The zero-order chi connectivity index (χ0) is 14.8. The molecule has 1 amide bonds. The van der Waals surface area contributed by atoms with Crippen molar-refractivity contribution in [2.75, 3.05) is 10.7 Å². The van der Waals surface area contributed by atoms with E-state index < -0.39 is 0 Å². The second kappa shape index (κ2) is 5.22. The molecule has 0 aliphatic rings. The first-order chi connectivity index (χ1) is 10.2. The van der Waals surface area contributed by atoms with Gasteiger partial charge in [-0.15, -0.1) is 0 Å². The number of pyridine rings is 1. The quantitative estimate of drug-likeness (QED) is 0.499. The number of rotatable bonds is 3. The molecule has 0 aliphatic heterocycles. The van der Waals surface area contributed by atoms with Crippen LogP contribution in [-0.4, -0.2) is 20.7 Å². The minimum Gasteiger partial charge on any atom is -0.323 e. The molecule has 7 heteroatoms. The molecule has 21 heavy (non-hydrogen) atoms. The number of para-hydroxylation sites is 1. The summed E-state index contributed by atoms with van der Waals surface area (Å²) in [6, 6.07) is 10.8. The lowest BCUT2D eigenvalue weighted by Gasteiger charge is -2.09. The third kappa shape index (κ3) is 2.41. The molecule has 4 N–H and O–H groups in total. The average molecular weight is 282 g/mol. The van der Waals surface area contributed by atoms with Crippen molar-refractivity contribution >= 4 is 28.3 Å². The minimum atomic E-state index is -0.319. The standard InChI is InChI=1S/C14H14N6O/c1-20-13(6-7-16-20)18-14(21)12-8-11(19-15)9-4-2-3-5-10(9)17-12/h2-8H,15H2,1H3,(H,17,19)(H,18,21). The number of anilines is 2. The summed E-state index contributed by atoms with van der Waals surface area (Å²) in [4.78, 5) is 16.6. The fraction of sp³-hybridized carbons (Fsp3) is 0.0714. The van der Waals surface area contributed by atoms with Gasteiger partial charge in [0.15, 0.2) is 0 Å². The first-order valence-corrected chi connectivity index (χ1v) is 6.35. The Labute approximate surface area is 120 Å². The van der Waals surface area contributed by atoms with Gasteiger partial charge in [-0.3, -0.25) is 15.3 Å². The zero-order valence-electron chi connectivity index (χ0n) is 11.4. The van der Waals surface area contributed by atoms with E-state index in [2.05, 4.69) is 20.8 Å². The molecular formula is C14H14N6O. The number of hydrogen-bond donors (Lipinski definition) is 3. The summed E-state index contributed by atoms with van der Waals surface area (Å²) in [6.45, 7) is 0. The Kier molecular flexibility index (Phi) is 3.25. The summed E-state index contributed by atoms with van der Waals surface area (Å²) in [7, 11) is 1.75. The number of amides is 1. The predicted molar refractivity (Wildman–Crippen MR) is 80.7 cm³/mol. The van der Waals surface area contributed by atoms with E-state index in [1.807, 2.05) is 24.3 Å². The number of fused-ring (bicyclic) bond motifs is 1. The van der Waals surface area contributed by atoms with E-state index in [0.717, 1.165) is 5.39 Å². The van der Waals surface area contributed by atoms with Crippen molar-refractivity contribution in [3.63, 3.8) is 0 Å². The number of carbonyl (C=O) groups is 1. The molecule has 0 atom stereocenters. The molecule has 3 rings (SSSR count). The molecule has 0 radical (unpaired) electrons. The fourth-order valence-electron chi connectivity index (χ4n) is 2.09. The van der Waals surface area contributed by atoms with Crippen molar-refractivity contribution < 1.29 is 4.79 Å². The maximum absolute atomic E-state index is 12.3. The molecular weight excluding hydrogens is 268 g/mol. The lowest BCUT2D eigenvalue weighted by atomic mass is 10.1. The Morgan fingerprint density at radius 3 is 2.81 bits per heavy atom. The minimum absolute atomic E-state index is 0.280. The highest BCUT2D eigenvalue weighted by molar-refractivity contribution is 6.05. The lowest BCUT2D eigenvalue weighted by molar-refractivity contribution is 0.102. The summed E-state index contributed by atoms with van der Waals surface area (Å²) in [5.74, 6) is 5.80. The van der Waals surface area contributed by atoms with Gasteiger partial charge in [0, 0.05) is 18.5 Å². The van der Waals surface area contributed by atoms with Gasteiger partial charge in [-0.1, -0.05) is 18.2 Å². The average Bonchev–Trinajstić information content (AvgIpc) is 2.91. The first-order valence-electron chi connectivity index (χ1n) is 6.35. The second-order valence-electron chi connectivity index (χ2n) is 4.51. The lowest BCUT2D eigenvalue weighted by Crippen LogP contribution is -2.17. The third-order valence-electron chi connectivity index (χ3n) is 3.17. The number of aromatic nitrogens is 3. The van der Waals surface area contributed by atoms with Crippen LogP contribution in [-0.2, 0) is 7.05 Å². The molecule has 0 unspecified atom stereocenters. The van der Waals surface area contributed by atoms with E-state index >= 15 is 0 Å². The summed E-state index contributed by atoms with van der Waals surface area (Å²) in [6.07, 6.45) is 1.61. The van der Waals surface area contributed by atoms with Crippen molar-refractivity contribution in [3.05, 3.63) is 48.3 Å². The zero-order valence-corrected chi connectivity index (χ0v) is 11.4. The third-order valence-corrected chi connectivity index (χ3v) is 3.17. The molecule has 0 aliphatic carbocycles. The Hall–Kier alpha value is -2.93. The van der Waals surface area contributed by atoms with Crippen LogP contribution in [0.2, 0.25) is 0 Å². The topological polar surface area (TPSA) is 97.9 Å². The van der Waals surface area contributed by atoms with E-state index in [4.69, 9.17) is 5.84 Å². The van der Waals surface area contributed by atoms with Crippen molar-refractivity contribution in [2.24, 2.45) is 12.9 Å². The van der Waals surface area contributed by atoms with Gasteiger partial charge in [-0.05, 0) is 12.1 Å². The van der Waals surface area contributed by atoms with Gasteiger partial charge >= 0.3 is 0 Å². The summed E-state index contributed by atoms with van der Waals surface area (Å²) in [5.41, 5.74) is 4.22. The van der Waals surface area contributed by atoms with Crippen molar-refractivity contribution in [1.29, 1.82) is 0 Å². The van der Waals surface area contributed by atoms with Gasteiger partial charge in [0.05, 0.1) is 17.4 Å². The Morgan fingerprint density at radius 1 is 1.29 bits per heavy atom. The van der Waals surface area contributed by atoms with E-state index in [0.29, 0.717) is 17.0 Å². The molecule has 0 saturated carbocycles. The number of nitrogens with one attached hydrogen (secondary N) is 2. The highest BCUT2D eigenvalue weighted by Crippen LogP contribution is 2.22. The number of hydrazine groups is 1. The van der Waals surface area contributed by atoms with Gasteiger partial charge < -0.3 is 10.7 Å². The predicted octanol–water partition coefficient (Wildman–Crippen LogP) is 1.51. The molecule has 1 aromatic carbocycles. The molecule has 106 valence electrons. The van der Waals surface area contributed by atoms with Gasteiger partial charge in [-0.25, -0.2) is 4.98 Å². The largest absolute Gasteiger partial charge is 0.323 e. The van der Waals surface area contributed by atoms with Crippen LogP contribution < -0.4 is 16.6 Å². The Morgan fingerprint density at radius 2 is 2.10 bits per heavy atom. The maximum atomic E-state index is 12.3. The van der Waals surface area contributed by atoms with E-state index in [-0.39, 0.29) is 11.6 Å². The maximum Gasteiger partial charge on any atom is 0.275 e. The van der Waals surface area contributed by atoms with Gasteiger partial charge in [0.1, 0.15) is 11.5 Å². The second-order valence-corrected chi connectivity index (χ2v) is 4.51. The molecule has 0 fully saturated rings. The number of benzene rings is 1. The number of nitrogen functional groups attached to an aromatic ring is 1. The number of hydrogen-bond acceptors (Lipinski definition) is 5. The van der Waals surface area contributed by atoms with Crippen LogP contribution in [0, 0.1) is 0 Å². The van der Waals surface area contributed by atoms with Crippen LogP contribution in [0.25, 0.3) is 10.9 Å². The van der Waals surface area contributed by atoms with Crippen molar-refractivity contribution in [2.45, 2.75) is 0 Å².